The minimum absolute atomic E-state index is 0.00579. The first-order valence-corrected chi connectivity index (χ1v) is 3.38. The van der Waals surface area contributed by atoms with Crippen molar-refractivity contribution in [3.05, 3.63) is 11.6 Å². The van der Waals surface area contributed by atoms with Crippen molar-refractivity contribution in [3.63, 3.8) is 0 Å². The molecule has 0 aromatic carbocycles. The van der Waals surface area contributed by atoms with E-state index in [4.69, 9.17) is 5.11 Å². The van der Waals surface area contributed by atoms with Crippen LogP contribution in [-0.4, -0.2) is 23.7 Å². The van der Waals surface area contributed by atoms with E-state index in [1.807, 2.05) is 6.92 Å². The minimum atomic E-state index is -0.806. The third kappa shape index (κ3) is 1.36. The molecule has 0 fully saturated rings. The van der Waals surface area contributed by atoms with Gasteiger partial charge in [-0.3, -0.25) is 0 Å². The fraction of sp³-hybridized carbons (Fsp3) is 0.571. The first-order valence-electron chi connectivity index (χ1n) is 3.38. The van der Waals surface area contributed by atoms with Crippen LogP contribution in [0.5, 0.6) is 0 Å². The highest BCUT2D eigenvalue weighted by molar-refractivity contribution is 5.88. The van der Waals surface area contributed by atoms with E-state index in [0.717, 1.165) is 13.0 Å². The third-order valence-electron chi connectivity index (χ3n) is 1.67. The Balaban J connectivity index is 2.71. The van der Waals surface area contributed by atoms with Gasteiger partial charge in [-0.25, -0.2) is 4.79 Å². The Morgan fingerprint density at radius 3 is 3.00 bits per heavy atom. The molecule has 56 valence electrons. The van der Waals surface area contributed by atoms with E-state index in [9.17, 15) is 4.79 Å². The Labute approximate surface area is 59.7 Å². The van der Waals surface area contributed by atoms with Gasteiger partial charge >= 0.3 is 5.97 Å². The summed E-state index contributed by atoms with van der Waals surface area (Å²) in [5.41, 5.74) is 0.492. The minimum Gasteiger partial charge on any atom is -0.478 e. The van der Waals surface area contributed by atoms with Gasteiger partial charge in [0.2, 0.25) is 0 Å². The van der Waals surface area contributed by atoms with Crippen LogP contribution in [-0.2, 0) is 4.79 Å². The highest BCUT2D eigenvalue weighted by Gasteiger charge is 2.17. The SMILES string of the molecule is CC1NCCC=C1C(=O)O. The Bertz CT molecular complexity index is 174. The fourth-order valence-electron chi connectivity index (χ4n) is 1.09. The zero-order valence-corrected chi connectivity index (χ0v) is 5.92. The first kappa shape index (κ1) is 7.28. The second kappa shape index (κ2) is 2.84. The normalized spacial score (nSPS) is 25.7. The monoisotopic (exact) mass is 141 g/mol. The quantitative estimate of drug-likeness (QED) is 0.555. The third-order valence-corrected chi connectivity index (χ3v) is 1.67. The zero-order valence-electron chi connectivity index (χ0n) is 5.92. The van der Waals surface area contributed by atoms with Crippen molar-refractivity contribution in [1.82, 2.24) is 5.32 Å². The number of hydrogen-bond donors (Lipinski definition) is 2. The van der Waals surface area contributed by atoms with Gasteiger partial charge in [-0.2, -0.15) is 0 Å². The molecule has 1 aliphatic heterocycles. The summed E-state index contributed by atoms with van der Waals surface area (Å²) in [7, 11) is 0. The second-order valence-corrected chi connectivity index (χ2v) is 2.43. The lowest BCUT2D eigenvalue weighted by Crippen LogP contribution is -2.34. The van der Waals surface area contributed by atoms with Crippen LogP contribution in [0.2, 0.25) is 0 Å². The average Bonchev–Trinajstić information content (AvgIpc) is 1.88. The fourth-order valence-corrected chi connectivity index (χ4v) is 1.09. The van der Waals surface area contributed by atoms with Crippen LogP contribution in [0, 0.1) is 0 Å². The van der Waals surface area contributed by atoms with E-state index >= 15 is 0 Å². The average molecular weight is 141 g/mol. The first-order chi connectivity index (χ1) is 4.72. The van der Waals surface area contributed by atoms with E-state index in [1.54, 1.807) is 6.08 Å². The zero-order chi connectivity index (χ0) is 7.56. The highest BCUT2D eigenvalue weighted by Crippen LogP contribution is 2.07. The van der Waals surface area contributed by atoms with E-state index < -0.39 is 5.97 Å². The Hall–Kier alpha value is -0.830. The summed E-state index contributed by atoms with van der Waals surface area (Å²) >= 11 is 0. The summed E-state index contributed by atoms with van der Waals surface area (Å²) in [6.45, 7) is 2.75. The van der Waals surface area contributed by atoms with Crippen LogP contribution in [0.1, 0.15) is 13.3 Å². The van der Waals surface area contributed by atoms with Crippen molar-refractivity contribution in [1.29, 1.82) is 0 Å². The molecule has 0 saturated heterocycles. The van der Waals surface area contributed by atoms with Crippen LogP contribution >= 0.6 is 0 Å². The predicted octanol–water partition coefficient (Wildman–Crippen LogP) is 0.379. The standard InChI is InChI=1S/C7H11NO2/c1-5-6(7(9)10)3-2-4-8-5/h3,5,8H,2,4H2,1H3,(H,9,10). The van der Waals surface area contributed by atoms with Crippen LogP contribution in [0.25, 0.3) is 0 Å². The van der Waals surface area contributed by atoms with Gasteiger partial charge in [-0.05, 0) is 19.9 Å². The van der Waals surface area contributed by atoms with Gasteiger partial charge < -0.3 is 10.4 Å². The van der Waals surface area contributed by atoms with E-state index in [0.29, 0.717) is 5.57 Å². The molecule has 0 radical (unpaired) electrons. The number of carbonyl (C=O) groups is 1. The smallest absolute Gasteiger partial charge is 0.332 e. The summed E-state index contributed by atoms with van der Waals surface area (Å²) in [5.74, 6) is -0.806. The molecule has 1 rings (SSSR count). The lowest BCUT2D eigenvalue weighted by Gasteiger charge is -2.18. The Kier molecular flexibility index (Phi) is 2.06. The largest absolute Gasteiger partial charge is 0.478 e. The lowest BCUT2D eigenvalue weighted by atomic mass is 10.0. The van der Waals surface area contributed by atoms with Crippen molar-refractivity contribution < 1.29 is 9.90 Å². The van der Waals surface area contributed by atoms with Gasteiger partial charge in [0.25, 0.3) is 0 Å². The lowest BCUT2D eigenvalue weighted by molar-refractivity contribution is -0.133. The van der Waals surface area contributed by atoms with Crippen molar-refractivity contribution in [3.8, 4) is 0 Å². The number of hydrogen-bond acceptors (Lipinski definition) is 2. The number of carboxylic acids is 1. The van der Waals surface area contributed by atoms with Crippen LogP contribution < -0.4 is 5.32 Å². The molecule has 0 bridgehead atoms. The van der Waals surface area contributed by atoms with Gasteiger partial charge in [0.05, 0.1) is 0 Å². The molecule has 0 saturated carbocycles. The molecule has 1 aliphatic rings. The maximum Gasteiger partial charge on any atom is 0.332 e. The van der Waals surface area contributed by atoms with Gasteiger partial charge in [0.15, 0.2) is 0 Å². The number of aliphatic carboxylic acids is 1. The van der Waals surface area contributed by atoms with E-state index in [2.05, 4.69) is 5.32 Å². The summed E-state index contributed by atoms with van der Waals surface area (Å²) in [6.07, 6.45) is 2.61. The molecule has 0 spiro atoms. The number of nitrogens with one attached hydrogen (secondary N) is 1. The molecule has 2 N–H and O–H groups in total. The molecule has 1 atom stereocenters. The Morgan fingerprint density at radius 2 is 2.60 bits per heavy atom. The second-order valence-electron chi connectivity index (χ2n) is 2.43. The van der Waals surface area contributed by atoms with Crippen molar-refractivity contribution >= 4 is 5.97 Å². The van der Waals surface area contributed by atoms with Gasteiger partial charge in [0.1, 0.15) is 0 Å². The Morgan fingerprint density at radius 1 is 1.90 bits per heavy atom. The molecule has 0 amide bonds. The van der Waals surface area contributed by atoms with Crippen LogP contribution in [0.15, 0.2) is 11.6 Å². The molecule has 0 aromatic rings. The van der Waals surface area contributed by atoms with Crippen molar-refractivity contribution in [2.75, 3.05) is 6.54 Å². The maximum atomic E-state index is 10.5. The van der Waals surface area contributed by atoms with E-state index in [-0.39, 0.29) is 6.04 Å². The molecule has 0 aliphatic carbocycles. The summed E-state index contributed by atoms with van der Waals surface area (Å²) in [4.78, 5) is 10.5. The summed E-state index contributed by atoms with van der Waals surface area (Å²) in [6, 6.07) is 0.00579. The molecule has 1 heterocycles. The highest BCUT2D eigenvalue weighted by atomic mass is 16.4. The summed E-state index contributed by atoms with van der Waals surface area (Å²) in [5, 5.41) is 11.7. The van der Waals surface area contributed by atoms with Gasteiger partial charge in [-0.15, -0.1) is 0 Å². The van der Waals surface area contributed by atoms with Crippen molar-refractivity contribution in [2.45, 2.75) is 19.4 Å². The van der Waals surface area contributed by atoms with Gasteiger partial charge in [0, 0.05) is 11.6 Å². The van der Waals surface area contributed by atoms with Gasteiger partial charge in [-0.1, -0.05) is 6.08 Å². The van der Waals surface area contributed by atoms with Crippen LogP contribution in [0.3, 0.4) is 0 Å². The summed E-state index contributed by atoms with van der Waals surface area (Å²) < 4.78 is 0. The molecule has 0 aromatic heterocycles. The van der Waals surface area contributed by atoms with Crippen molar-refractivity contribution in [2.24, 2.45) is 0 Å². The topological polar surface area (TPSA) is 49.3 Å². The molecule has 1 unspecified atom stereocenters. The molecular formula is C7H11NO2. The molecule has 3 heteroatoms. The molecule has 3 nitrogen and oxygen atoms in total. The molecule has 10 heavy (non-hydrogen) atoms. The molecular weight excluding hydrogens is 130 g/mol. The number of rotatable bonds is 1. The van der Waals surface area contributed by atoms with Crippen LogP contribution in [0.4, 0.5) is 0 Å². The maximum absolute atomic E-state index is 10.5. The number of carboxylic acid groups (broad SMARTS) is 1. The van der Waals surface area contributed by atoms with E-state index in [1.165, 1.54) is 0 Å². The predicted molar refractivity (Wildman–Crippen MR) is 37.8 cm³/mol.